The van der Waals surface area contributed by atoms with E-state index in [9.17, 15) is 4.79 Å². The van der Waals surface area contributed by atoms with Crippen molar-refractivity contribution < 1.29 is 9.53 Å². The zero-order valence-corrected chi connectivity index (χ0v) is 20.4. The molecule has 1 fully saturated rings. The summed E-state index contributed by atoms with van der Waals surface area (Å²) in [6.07, 6.45) is 0. The van der Waals surface area contributed by atoms with Crippen LogP contribution in [0.5, 0.6) is 5.75 Å². The van der Waals surface area contributed by atoms with E-state index in [0.29, 0.717) is 24.5 Å². The summed E-state index contributed by atoms with van der Waals surface area (Å²) in [6.45, 7) is 7.24. The average Bonchev–Trinajstić information content (AvgIpc) is 2.89. The molecule has 0 atom stereocenters. The number of nitrogens with zero attached hydrogens (tertiary/aromatic N) is 3. The largest absolute Gasteiger partial charge is 0.495 e. The van der Waals surface area contributed by atoms with E-state index in [0.717, 1.165) is 35.4 Å². The molecule has 1 N–H and O–H groups in total. The van der Waals surface area contributed by atoms with Gasteiger partial charge in [-0.1, -0.05) is 42.5 Å². The lowest BCUT2D eigenvalue weighted by molar-refractivity contribution is 0.0748. The quantitative estimate of drug-likeness (QED) is 0.417. The molecule has 5 rings (SSSR count). The van der Waals surface area contributed by atoms with Crippen molar-refractivity contribution in [3.63, 3.8) is 0 Å². The maximum absolute atomic E-state index is 13.7. The first-order chi connectivity index (χ1) is 17.0. The Kier molecular flexibility index (Phi) is 6.27. The summed E-state index contributed by atoms with van der Waals surface area (Å²) in [6, 6.07) is 23.9. The molecule has 6 heteroatoms. The molecule has 1 aliphatic heterocycles. The zero-order chi connectivity index (χ0) is 24.4. The first-order valence-corrected chi connectivity index (χ1v) is 11.9. The smallest absolute Gasteiger partial charge is 0.254 e. The number of hydrogen-bond donors (Lipinski definition) is 1. The average molecular weight is 467 g/mol. The molecule has 0 bridgehead atoms. The molecule has 0 aliphatic carbocycles. The van der Waals surface area contributed by atoms with Gasteiger partial charge < -0.3 is 19.9 Å². The number of hydrogen-bond acceptors (Lipinski definition) is 5. The third-order valence-corrected chi connectivity index (χ3v) is 6.59. The Balaban J connectivity index is 1.41. The molecule has 3 aromatic carbocycles. The number of pyridine rings is 1. The molecule has 0 radical (unpaired) electrons. The lowest BCUT2D eigenvalue weighted by Crippen LogP contribution is -2.49. The van der Waals surface area contributed by atoms with Gasteiger partial charge in [-0.05, 0) is 55.3 Å². The summed E-state index contributed by atoms with van der Waals surface area (Å²) >= 11 is 0. The van der Waals surface area contributed by atoms with Gasteiger partial charge in [-0.15, -0.1) is 0 Å². The third-order valence-electron chi connectivity index (χ3n) is 6.59. The minimum absolute atomic E-state index is 0.0345. The van der Waals surface area contributed by atoms with Crippen molar-refractivity contribution in [1.29, 1.82) is 0 Å². The van der Waals surface area contributed by atoms with Crippen LogP contribution in [0.2, 0.25) is 0 Å². The van der Waals surface area contributed by atoms with Crippen LogP contribution in [0.4, 0.5) is 17.2 Å². The first-order valence-electron chi connectivity index (χ1n) is 11.9. The maximum atomic E-state index is 13.7. The van der Waals surface area contributed by atoms with Gasteiger partial charge in [0.2, 0.25) is 0 Å². The molecule has 1 aromatic heterocycles. The summed E-state index contributed by atoms with van der Waals surface area (Å²) in [4.78, 5) is 22.8. The number of aromatic nitrogens is 1. The molecule has 2 heterocycles. The molecule has 0 unspecified atom stereocenters. The van der Waals surface area contributed by atoms with Crippen LogP contribution in [-0.2, 0) is 0 Å². The van der Waals surface area contributed by atoms with Crippen molar-refractivity contribution in [1.82, 2.24) is 9.88 Å². The monoisotopic (exact) mass is 466 g/mol. The Morgan fingerprint density at radius 2 is 1.66 bits per heavy atom. The fraction of sp³-hybridized carbons (Fsp3) is 0.241. The van der Waals surface area contributed by atoms with Crippen molar-refractivity contribution in [2.24, 2.45) is 0 Å². The summed E-state index contributed by atoms with van der Waals surface area (Å²) < 4.78 is 5.47. The number of ether oxygens (including phenoxy) is 1. The molecule has 0 spiro atoms. The highest BCUT2D eigenvalue weighted by Gasteiger charge is 2.25. The standard InChI is InChI=1S/C29H30N4O2/c1-20-12-13-21(2)26(18-20)32-14-16-33(17-15-32)29(34)23-19-28(30-24-9-5-4-8-22(23)24)31-25-10-6-7-11-27(25)35-3/h4-13,18-19H,14-17H2,1-3H3,(H,30,31). The Morgan fingerprint density at radius 3 is 2.46 bits per heavy atom. The molecule has 1 aliphatic rings. The second-order valence-corrected chi connectivity index (χ2v) is 8.97. The van der Waals surface area contributed by atoms with E-state index in [-0.39, 0.29) is 5.91 Å². The van der Waals surface area contributed by atoms with E-state index in [1.807, 2.05) is 59.5 Å². The van der Waals surface area contributed by atoms with E-state index in [4.69, 9.17) is 9.72 Å². The highest BCUT2D eigenvalue weighted by Crippen LogP contribution is 2.30. The van der Waals surface area contributed by atoms with E-state index in [2.05, 4.69) is 42.3 Å². The highest BCUT2D eigenvalue weighted by molar-refractivity contribution is 6.07. The molecule has 1 saturated heterocycles. The minimum atomic E-state index is 0.0345. The lowest BCUT2D eigenvalue weighted by Gasteiger charge is -2.37. The molecule has 1 amide bonds. The van der Waals surface area contributed by atoms with Gasteiger partial charge >= 0.3 is 0 Å². The molecular formula is C29H30N4O2. The topological polar surface area (TPSA) is 57.7 Å². The predicted molar refractivity (Wildman–Crippen MR) is 142 cm³/mol. The van der Waals surface area contributed by atoms with Crippen molar-refractivity contribution in [3.8, 4) is 5.75 Å². The van der Waals surface area contributed by atoms with E-state index in [1.54, 1.807) is 7.11 Å². The zero-order valence-electron chi connectivity index (χ0n) is 20.4. The summed E-state index contributed by atoms with van der Waals surface area (Å²) in [5.74, 6) is 1.37. The number of fused-ring (bicyclic) bond motifs is 1. The van der Waals surface area contributed by atoms with Crippen LogP contribution in [0.15, 0.2) is 72.8 Å². The molecule has 35 heavy (non-hydrogen) atoms. The predicted octanol–water partition coefficient (Wildman–Crippen LogP) is 5.57. The van der Waals surface area contributed by atoms with Crippen LogP contribution in [0.3, 0.4) is 0 Å². The van der Waals surface area contributed by atoms with Crippen molar-refractivity contribution in [2.45, 2.75) is 13.8 Å². The van der Waals surface area contributed by atoms with Crippen molar-refractivity contribution >= 4 is 34.0 Å². The number of nitrogens with one attached hydrogen (secondary N) is 1. The minimum Gasteiger partial charge on any atom is -0.495 e. The van der Waals surface area contributed by atoms with Gasteiger partial charge in [-0.25, -0.2) is 4.98 Å². The summed E-state index contributed by atoms with van der Waals surface area (Å²) in [5.41, 5.74) is 6.02. The van der Waals surface area contributed by atoms with Crippen molar-refractivity contribution in [3.05, 3.63) is 89.5 Å². The third kappa shape index (κ3) is 4.64. The van der Waals surface area contributed by atoms with Gasteiger partial charge in [0, 0.05) is 37.3 Å². The van der Waals surface area contributed by atoms with E-state index >= 15 is 0 Å². The van der Waals surface area contributed by atoms with Crippen LogP contribution >= 0.6 is 0 Å². The maximum Gasteiger partial charge on any atom is 0.254 e. The number of methoxy groups -OCH3 is 1. The Labute approximate surface area is 206 Å². The fourth-order valence-corrected chi connectivity index (χ4v) is 4.68. The SMILES string of the molecule is COc1ccccc1Nc1cc(C(=O)N2CCN(c3cc(C)ccc3C)CC2)c2ccccc2n1. The molecule has 4 aromatic rings. The summed E-state index contributed by atoms with van der Waals surface area (Å²) in [7, 11) is 1.64. The molecular weight excluding hydrogens is 436 g/mol. The number of carbonyl (C=O) groups is 1. The number of carbonyl (C=O) groups excluding carboxylic acids is 1. The highest BCUT2D eigenvalue weighted by atomic mass is 16.5. The Bertz CT molecular complexity index is 1380. The van der Waals surface area contributed by atoms with Gasteiger partial charge in [0.15, 0.2) is 0 Å². The first kappa shape index (κ1) is 22.7. The van der Waals surface area contributed by atoms with Crippen LogP contribution in [0.25, 0.3) is 10.9 Å². The van der Waals surface area contributed by atoms with Gasteiger partial charge in [0.05, 0.1) is 23.9 Å². The Hall–Kier alpha value is -4.06. The van der Waals surface area contributed by atoms with Crippen LogP contribution in [0, 0.1) is 13.8 Å². The van der Waals surface area contributed by atoms with Crippen LogP contribution < -0.4 is 15.0 Å². The number of aryl methyl sites for hydroxylation is 2. The lowest BCUT2D eigenvalue weighted by atomic mass is 10.1. The van der Waals surface area contributed by atoms with Crippen molar-refractivity contribution in [2.75, 3.05) is 43.5 Å². The number of benzene rings is 3. The van der Waals surface area contributed by atoms with Gasteiger partial charge in [-0.2, -0.15) is 0 Å². The van der Waals surface area contributed by atoms with Gasteiger partial charge in [0.25, 0.3) is 5.91 Å². The number of piperazine rings is 1. The van der Waals surface area contributed by atoms with Crippen LogP contribution in [0.1, 0.15) is 21.5 Å². The van der Waals surface area contributed by atoms with Gasteiger partial charge in [-0.3, -0.25) is 4.79 Å². The van der Waals surface area contributed by atoms with Crippen LogP contribution in [-0.4, -0.2) is 49.1 Å². The normalized spacial score (nSPS) is 13.7. The number of para-hydroxylation sites is 3. The summed E-state index contributed by atoms with van der Waals surface area (Å²) in [5, 5.41) is 4.20. The molecule has 6 nitrogen and oxygen atoms in total. The fourth-order valence-electron chi connectivity index (χ4n) is 4.68. The van der Waals surface area contributed by atoms with E-state index < -0.39 is 0 Å². The second-order valence-electron chi connectivity index (χ2n) is 8.97. The number of rotatable bonds is 5. The van der Waals surface area contributed by atoms with Gasteiger partial charge in [0.1, 0.15) is 11.6 Å². The number of amides is 1. The Morgan fingerprint density at radius 1 is 0.914 bits per heavy atom. The van der Waals surface area contributed by atoms with E-state index in [1.165, 1.54) is 16.8 Å². The molecule has 178 valence electrons. The molecule has 0 saturated carbocycles. The number of anilines is 3. The second kappa shape index (κ2) is 9.66.